The van der Waals surface area contributed by atoms with Gasteiger partial charge < -0.3 is 5.73 Å². The van der Waals surface area contributed by atoms with Gasteiger partial charge in [-0.05, 0) is 17.7 Å². The highest BCUT2D eigenvalue weighted by Crippen LogP contribution is 2.20. The average molecular weight is 312 g/mol. The number of nitrogens with two attached hydrogens (primary N) is 1. The van der Waals surface area contributed by atoms with Gasteiger partial charge in [-0.3, -0.25) is 0 Å². The fourth-order valence-corrected chi connectivity index (χ4v) is 1.76. The monoisotopic (exact) mass is 311 g/mol. The maximum Gasteiger partial charge on any atom is 0.0365 e. The largest absolute Gasteiger partial charge is 0.398 e. The van der Waals surface area contributed by atoms with Crippen LogP contribution in [0.15, 0.2) is 22.7 Å². The summed E-state index contributed by atoms with van der Waals surface area (Å²) >= 11 is 5.64. The van der Waals surface area contributed by atoms with Crippen LogP contribution in [0.4, 0.5) is 5.69 Å². The van der Waals surface area contributed by atoms with Crippen molar-refractivity contribution in [1.29, 1.82) is 0 Å². The minimum atomic E-state index is 0.865. The highest BCUT2D eigenvalue weighted by atomic mass is 127. The first-order chi connectivity index (χ1) is 4.74. The van der Waals surface area contributed by atoms with Gasteiger partial charge >= 0.3 is 0 Å². The van der Waals surface area contributed by atoms with Crippen molar-refractivity contribution in [2.24, 2.45) is 0 Å². The third kappa shape index (κ3) is 1.85. The highest BCUT2D eigenvalue weighted by molar-refractivity contribution is 14.1. The second kappa shape index (κ2) is 3.57. The number of anilines is 1. The molecule has 1 nitrogen and oxygen atoms in total. The van der Waals surface area contributed by atoms with Crippen LogP contribution in [-0.2, 0) is 4.43 Å². The van der Waals surface area contributed by atoms with E-state index in [1.165, 1.54) is 5.56 Å². The molecule has 0 aromatic heterocycles. The number of rotatable bonds is 1. The van der Waals surface area contributed by atoms with Crippen LogP contribution < -0.4 is 5.73 Å². The molecule has 0 saturated heterocycles. The molecule has 54 valence electrons. The Labute approximate surface area is 82.3 Å². The van der Waals surface area contributed by atoms with Crippen molar-refractivity contribution in [3.8, 4) is 0 Å². The lowest BCUT2D eigenvalue weighted by Crippen LogP contribution is -1.90. The summed E-state index contributed by atoms with van der Waals surface area (Å²) in [6.07, 6.45) is 0. The third-order valence-electron chi connectivity index (χ3n) is 1.25. The second-order valence-corrected chi connectivity index (χ2v) is 3.66. The van der Waals surface area contributed by atoms with Gasteiger partial charge in [-0.25, -0.2) is 0 Å². The summed E-state index contributed by atoms with van der Waals surface area (Å²) in [4.78, 5) is 0. The Morgan fingerprint density at radius 1 is 1.50 bits per heavy atom. The number of nitrogen functional groups attached to an aromatic ring is 1. The predicted octanol–water partition coefficient (Wildman–Crippen LogP) is 2.97. The van der Waals surface area contributed by atoms with E-state index in [-0.39, 0.29) is 0 Å². The van der Waals surface area contributed by atoms with Crippen LogP contribution in [0.2, 0.25) is 0 Å². The first-order valence-corrected chi connectivity index (χ1v) is 5.16. The van der Waals surface area contributed by atoms with Gasteiger partial charge in [0.2, 0.25) is 0 Å². The average Bonchev–Trinajstić information content (AvgIpc) is 1.88. The topological polar surface area (TPSA) is 26.0 Å². The molecule has 2 N–H and O–H groups in total. The van der Waals surface area contributed by atoms with Crippen LogP contribution in [0, 0.1) is 0 Å². The fourth-order valence-electron chi connectivity index (χ4n) is 0.687. The van der Waals surface area contributed by atoms with Crippen LogP contribution in [0.1, 0.15) is 5.56 Å². The molecule has 0 aliphatic heterocycles. The molecule has 0 saturated carbocycles. The first kappa shape index (κ1) is 8.33. The number of hydrogen-bond donors (Lipinski definition) is 1. The Morgan fingerprint density at radius 2 is 2.20 bits per heavy atom. The van der Waals surface area contributed by atoms with Crippen molar-refractivity contribution in [2.75, 3.05) is 5.73 Å². The van der Waals surface area contributed by atoms with Crippen molar-refractivity contribution in [3.05, 3.63) is 28.2 Å². The summed E-state index contributed by atoms with van der Waals surface area (Å²) in [7, 11) is 0. The van der Waals surface area contributed by atoms with Gasteiger partial charge in [0.1, 0.15) is 0 Å². The highest BCUT2D eigenvalue weighted by Gasteiger charge is 1.95. The molecular weight excluding hydrogens is 305 g/mol. The molecule has 0 atom stereocenters. The van der Waals surface area contributed by atoms with E-state index >= 15 is 0 Å². The van der Waals surface area contributed by atoms with Crippen molar-refractivity contribution >= 4 is 44.2 Å². The molecule has 3 heteroatoms. The lowest BCUT2D eigenvalue weighted by Gasteiger charge is -2.00. The fraction of sp³-hybridized carbons (Fsp3) is 0.143. The summed E-state index contributed by atoms with van der Waals surface area (Å²) in [6, 6.07) is 5.96. The van der Waals surface area contributed by atoms with E-state index in [4.69, 9.17) is 5.73 Å². The van der Waals surface area contributed by atoms with Gasteiger partial charge in [-0.15, -0.1) is 0 Å². The maximum absolute atomic E-state index is 5.70. The third-order valence-corrected chi connectivity index (χ3v) is 2.57. The molecule has 0 radical (unpaired) electrons. The Bertz CT molecular complexity index is 237. The SMILES string of the molecule is Nc1cc(Br)ccc1CI. The van der Waals surface area contributed by atoms with Crippen LogP contribution in [0.25, 0.3) is 0 Å². The summed E-state index contributed by atoms with van der Waals surface area (Å²) in [5, 5.41) is 0. The van der Waals surface area contributed by atoms with Crippen LogP contribution >= 0.6 is 38.5 Å². The summed E-state index contributed by atoms with van der Waals surface area (Å²) < 4.78 is 2.01. The van der Waals surface area contributed by atoms with Crippen LogP contribution in [0.3, 0.4) is 0 Å². The maximum atomic E-state index is 5.70. The summed E-state index contributed by atoms with van der Waals surface area (Å²) in [5.41, 5.74) is 7.76. The molecule has 0 heterocycles. The molecule has 0 unspecified atom stereocenters. The molecule has 0 aliphatic rings. The van der Waals surface area contributed by atoms with Crippen molar-refractivity contribution < 1.29 is 0 Å². The summed E-state index contributed by atoms with van der Waals surface area (Å²) in [6.45, 7) is 0. The number of benzene rings is 1. The number of hydrogen-bond acceptors (Lipinski definition) is 1. The minimum absolute atomic E-state index is 0.865. The van der Waals surface area contributed by atoms with Gasteiger partial charge in [0.05, 0.1) is 0 Å². The molecule has 0 fully saturated rings. The quantitative estimate of drug-likeness (QED) is 0.482. The van der Waals surface area contributed by atoms with E-state index in [9.17, 15) is 0 Å². The Kier molecular flexibility index (Phi) is 2.97. The summed E-state index contributed by atoms with van der Waals surface area (Å²) in [5.74, 6) is 0. The zero-order chi connectivity index (χ0) is 7.56. The van der Waals surface area contributed by atoms with Gasteiger partial charge in [0.25, 0.3) is 0 Å². The number of halogens is 2. The molecule has 10 heavy (non-hydrogen) atoms. The first-order valence-electron chi connectivity index (χ1n) is 2.84. The van der Waals surface area contributed by atoms with Gasteiger partial charge in [-0.1, -0.05) is 44.6 Å². The normalized spacial score (nSPS) is 9.80. The van der Waals surface area contributed by atoms with Gasteiger partial charge in [0.15, 0.2) is 0 Å². The van der Waals surface area contributed by atoms with E-state index in [0.29, 0.717) is 0 Å². The Morgan fingerprint density at radius 3 is 2.70 bits per heavy atom. The smallest absolute Gasteiger partial charge is 0.0365 e. The van der Waals surface area contributed by atoms with E-state index < -0.39 is 0 Å². The van der Waals surface area contributed by atoms with Crippen molar-refractivity contribution in [2.45, 2.75) is 4.43 Å². The van der Waals surface area contributed by atoms with E-state index in [0.717, 1.165) is 14.6 Å². The molecule has 0 spiro atoms. The van der Waals surface area contributed by atoms with Crippen LogP contribution in [-0.4, -0.2) is 0 Å². The standard InChI is InChI=1S/C7H7BrIN/c8-6-2-1-5(4-9)7(10)3-6/h1-3H,4,10H2. The van der Waals surface area contributed by atoms with Crippen molar-refractivity contribution in [3.63, 3.8) is 0 Å². The predicted molar refractivity (Wildman–Crippen MR) is 56.3 cm³/mol. The zero-order valence-electron chi connectivity index (χ0n) is 5.27. The van der Waals surface area contributed by atoms with Gasteiger partial charge in [0, 0.05) is 14.6 Å². The zero-order valence-corrected chi connectivity index (χ0v) is 9.02. The molecule has 0 amide bonds. The van der Waals surface area contributed by atoms with Crippen LogP contribution in [0.5, 0.6) is 0 Å². The van der Waals surface area contributed by atoms with E-state index in [2.05, 4.69) is 38.5 Å². The number of alkyl halides is 1. The molecule has 1 aromatic carbocycles. The molecule has 0 bridgehead atoms. The molecule has 0 aliphatic carbocycles. The Balaban J connectivity index is 3.07. The van der Waals surface area contributed by atoms with Crippen molar-refractivity contribution in [1.82, 2.24) is 0 Å². The molecular formula is C7H7BrIN. The lowest BCUT2D eigenvalue weighted by atomic mass is 10.2. The lowest BCUT2D eigenvalue weighted by molar-refractivity contribution is 1.44. The second-order valence-electron chi connectivity index (χ2n) is 1.98. The van der Waals surface area contributed by atoms with Gasteiger partial charge in [-0.2, -0.15) is 0 Å². The van der Waals surface area contributed by atoms with E-state index in [1.54, 1.807) is 0 Å². The molecule has 1 rings (SSSR count). The van der Waals surface area contributed by atoms with E-state index in [1.807, 2.05) is 18.2 Å². The minimum Gasteiger partial charge on any atom is -0.398 e. The Hall–Kier alpha value is 0.230. The molecule has 1 aromatic rings.